The number of carbonyl (C=O) groups is 1. The molecule has 0 radical (unpaired) electrons. The van der Waals surface area contributed by atoms with E-state index in [0.29, 0.717) is 11.8 Å². The van der Waals surface area contributed by atoms with Crippen LogP contribution in [0.15, 0.2) is 11.6 Å². The first-order valence-corrected chi connectivity index (χ1v) is 6.43. The van der Waals surface area contributed by atoms with Crippen LogP contribution in [0.4, 0.5) is 0 Å². The highest BCUT2D eigenvalue weighted by Crippen LogP contribution is 2.66. The molecule has 94 valence electrons. The van der Waals surface area contributed by atoms with Crippen LogP contribution in [0.1, 0.15) is 33.6 Å². The van der Waals surface area contributed by atoms with Gasteiger partial charge >= 0.3 is 5.97 Å². The summed E-state index contributed by atoms with van der Waals surface area (Å²) in [5, 5.41) is 0. The van der Waals surface area contributed by atoms with E-state index >= 15 is 0 Å². The molecule has 3 aliphatic rings. The molecule has 1 spiro atoms. The molecular formula is C14H20O3. The van der Waals surface area contributed by atoms with Crippen LogP contribution in [0.3, 0.4) is 0 Å². The van der Waals surface area contributed by atoms with Crippen LogP contribution in [0, 0.1) is 17.3 Å². The topological polar surface area (TPSA) is 38.8 Å². The largest absolute Gasteiger partial charge is 0.466 e. The van der Waals surface area contributed by atoms with Crippen LogP contribution >= 0.6 is 0 Å². The van der Waals surface area contributed by atoms with Crippen molar-refractivity contribution in [3.05, 3.63) is 11.6 Å². The van der Waals surface area contributed by atoms with Gasteiger partial charge in [-0.3, -0.25) is 0 Å². The van der Waals surface area contributed by atoms with E-state index in [4.69, 9.17) is 9.47 Å². The summed E-state index contributed by atoms with van der Waals surface area (Å²) in [6.45, 7) is 6.77. The average molecular weight is 236 g/mol. The molecule has 4 atom stereocenters. The van der Waals surface area contributed by atoms with Crippen molar-refractivity contribution in [2.45, 2.75) is 45.3 Å². The third-order valence-corrected chi connectivity index (χ3v) is 5.31. The average Bonchev–Trinajstić information content (AvgIpc) is 2.88. The van der Waals surface area contributed by atoms with Gasteiger partial charge in [-0.05, 0) is 24.2 Å². The summed E-state index contributed by atoms with van der Waals surface area (Å²) in [7, 11) is 1.45. The summed E-state index contributed by atoms with van der Waals surface area (Å²) in [4.78, 5) is 11.9. The maximum absolute atomic E-state index is 11.9. The first-order chi connectivity index (χ1) is 7.94. The van der Waals surface area contributed by atoms with Crippen LogP contribution in [-0.4, -0.2) is 24.8 Å². The van der Waals surface area contributed by atoms with Crippen molar-refractivity contribution in [2.75, 3.05) is 7.11 Å². The lowest BCUT2D eigenvalue weighted by molar-refractivity contribution is -0.137. The zero-order valence-electron chi connectivity index (χ0n) is 10.9. The van der Waals surface area contributed by atoms with E-state index < -0.39 is 0 Å². The summed E-state index contributed by atoms with van der Waals surface area (Å²) in [5.74, 6) is 0.631. The van der Waals surface area contributed by atoms with E-state index in [2.05, 4.69) is 26.8 Å². The number of epoxide rings is 1. The monoisotopic (exact) mass is 236 g/mol. The second-order valence-electron chi connectivity index (χ2n) is 6.21. The Balaban J connectivity index is 2.08. The molecule has 3 nitrogen and oxygen atoms in total. The molecule has 2 unspecified atom stereocenters. The van der Waals surface area contributed by atoms with Crippen LogP contribution in [0.25, 0.3) is 0 Å². The van der Waals surface area contributed by atoms with Crippen LogP contribution in [0.5, 0.6) is 0 Å². The van der Waals surface area contributed by atoms with Gasteiger partial charge in [0.05, 0.1) is 18.8 Å². The highest BCUT2D eigenvalue weighted by Gasteiger charge is 2.73. The molecule has 1 saturated heterocycles. The maximum atomic E-state index is 11.9. The van der Waals surface area contributed by atoms with Crippen LogP contribution in [-0.2, 0) is 14.3 Å². The minimum Gasteiger partial charge on any atom is -0.466 e. The van der Waals surface area contributed by atoms with Crippen molar-refractivity contribution in [3.8, 4) is 0 Å². The number of rotatable bonds is 1. The second kappa shape index (κ2) is 3.14. The van der Waals surface area contributed by atoms with Crippen LogP contribution < -0.4 is 0 Å². The molecule has 1 heterocycles. The van der Waals surface area contributed by atoms with E-state index in [0.717, 1.165) is 18.4 Å². The van der Waals surface area contributed by atoms with Crippen molar-refractivity contribution < 1.29 is 14.3 Å². The molecule has 2 fully saturated rings. The van der Waals surface area contributed by atoms with Crippen molar-refractivity contribution >= 4 is 5.97 Å². The fourth-order valence-corrected chi connectivity index (χ4v) is 3.91. The fraction of sp³-hybridized carbons (Fsp3) is 0.786. The molecule has 1 saturated carbocycles. The van der Waals surface area contributed by atoms with Gasteiger partial charge in [0.2, 0.25) is 0 Å². The molecule has 0 aromatic heterocycles. The minimum atomic E-state index is -0.302. The normalized spacial score (nSPS) is 45.6. The summed E-state index contributed by atoms with van der Waals surface area (Å²) in [6.07, 6.45) is 4.57. The lowest BCUT2D eigenvalue weighted by atomic mass is 9.60. The predicted octanol–water partition coefficient (Wildman–Crippen LogP) is 2.31. The third-order valence-electron chi connectivity index (χ3n) is 5.31. The number of ether oxygens (including phenoxy) is 2. The summed E-state index contributed by atoms with van der Waals surface area (Å²) >= 11 is 0. The van der Waals surface area contributed by atoms with E-state index in [1.807, 2.05) is 0 Å². The standard InChI is InChI=1S/C14H20O3/c1-8-7-9(12(15)16-4)14-10(13(8,2)3)5-6-11(14)17-14/h7-8,10-11H,5-6H2,1-4H3/t8-,10+,11?,14?/m0/s1. The van der Waals surface area contributed by atoms with Gasteiger partial charge in [0.25, 0.3) is 0 Å². The molecule has 0 amide bonds. The molecular weight excluding hydrogens is 216 g/mol. The Morgan fingerprint density at radius 1 is 1.47 bits per heavy atom. The lowest BCUT2D eigenvalue weighted by Gasteiger charge is -2.44. The molecule has 2 aliphatic carbocycles. The smallest absolute Gasteiger partial charge is 0.336 e. The van der Waals surface area contributed by atoms with Gasteiger partial charge in [-0.25, -0.2) is 4.79 Å². The van der Waals surface area contributed by atoms with Gasteiger partial charge < -0.3 is 9.47 Å². The number of esters is 1. The molecule has 3 heteroatoms. The predicted molar refractivity (Wildman–Crippen MR) is 63.4 cm³/mol. The van der Waals surface area contributed by atoms with E-state index in [9.17, 15) is 4.79 Å². The molecule has 0 N–H and O–H groups in total. The number of allylic oxidation sites excluding steroid dienone is 1. The first kappa shape index (κ1) is 11.3. The number of carbonyl (C=O) groups excluding carboxylic acids is 1. The van der Waals surface area contributed by atoms with E-state index in [1.54, 1.807) is 0 Å². The molecule has 0 bridgehead atoms. The minimum absolute atomic E-state index is 0.197. The summed E-state index contributed by atoms with van der Waals surface area (Å²) in [5.41, 5.74) is 0.672. The van der Waals surface area contributed by atoms with Crippen LogP contribution in [0.2, 0.25) is 0 Å². The molecule has 17 heavy (non-hydrogen) atoms. The van der Waals surface area contributed by atoms with Crippen molar-refractivity contribution in [3.63, 3.8) is 0 Å². The van der Waals surface area contributed by atoms with Gasteiger partial charge in [-0.1, -0.05) is 26.8 Å². The SMILES string of the molecule is COC(=O)C1=C[C@H](C)C(C)(C)[C@H]2CCC3OC132. The lowest BCUT2D eigenvalue weighted by Crippen LogP contribution is -2.45. The van der Waals surface area contributed by atoms with Crippen molar-refractivity contribution in [1.82, 2.24) is 0 Å². The van der Waals surface area contributed by atoms with Gasteiger partial charge in [0.1, 0.15) is 5.60 Å². The first-order valence-electron chi connectivity index (χ1n) is 6.43. The molecule has 0 aromatic rings. The summed E-state index contributed by atoms with van der Waals surface area (Å²) < 4.78 is 10.8. The Morgan fingerprint density at radius 3 is 2.76 bits per heavy atom. The maximum Gasteiger partial charge on any atom is 0.336 e. The Bertz CT molecular complexity index is 410. The Morgan fingerprint density at radius 2 is 2.18 bits per heavy atom. The fourth-order valence-electron chi connectivity index (χ4n) is 3.91. The van der Waals surface area contributed by atoms with Gasteiger partial charge in [0.15, 0.2) is 0 Å². The Hall–Kier alpha value is -0.830. The molecule has 0 aromatic carbocycles. The highest BCUT2D eigenvalue weighted by atomic mass is 16.6. The van der Waals surface area contributed by atoms with Gasteiger partial charge in [0, 0.05) is 5.92 Å². The Kier molecular flexibility index (Phi) is 2.08. The van der Waals surface area contributed by atoms with Gasteiger partial charge in [-0.15, -0.1) is 0 Å². The zero-order valence-corrected chi connectivity index (χ0v) is 10.9. The van der Waals surface area contributed by atoms with Gasteiger partial charge in [-0.2, -0.15) is 0 Å². The molecule has 3 rings (SSSR count). The van der Waals surface area contributed by atoms with E-state index in [-0.39, 0.29) is 23.1 Å². The quantitative estimate of drug-likeness (QED) is 0.518. The second-order valence-corrected chi connectivity index (χ2v) is 6.21. The number of hydrogen-bond donors (Lipinski definition) is 0. The summed E-state index contributed by atoms with van der Waals surface area (Å²) in [6, 6.07) is 0. The highest BCUT2D eigenvalue weighted by molar-refractivity contribution is 5.92. The zero-order chi connectivity index (χ0) is 12.4. The number of methoxy groups -OCH3 is 1. The Labute approximate surface area is 102 Å². The van der Waals surface area contributed by atoms with E-state index in [1.165, 1.54) is 7.11 Å². The third kappa shape index (κ3) is 1.18. The number of hydrogen-bond acceptors (Lipinski definition) is 3. The van der Waals surface area contributed by atoms with Crippen molar-refractivity contribution in [2.24, 2.45) is 17.3 Å². The molecule has 1 aliphatic heterocycles. The van der Waals surface area contributed by atoms with Crippen molar-refractivity contribution in [1.29, 1.82) is 0 Å².